The lowest BCUT2D eigenvalue weighted by atomic mass is 9.73. The van der Waals surface area contributed by atoms with Gasteiger partial charge in [-0.15, -0.1) is 0 Å². The Bertz CT molecular complexity index is 1980. The van der Waals surface area contributed by atoms with E-state index in [0.29, 0.717) is 59.2 Å². The Morgan fingerprint density at radius 3 is 2.15 bits per heavy atom. The SMILES string of the molecule is Cc1cc(-c2c(C)cc(F)cc2C)cc([C@H](CC(=O)O)NC(=O)[C@H](CC(C)C)NC(=O)c2ccc(C(F)(F)F)n(CCN3CC4(CCOCC4)C3)c2=O)c1F. The minimum absolute atomic E-state index is 0.0105. The number of rotatable bonds is 13. The predicted octanol–water partition coefficient (Wildman–Crippen LogP) is 6.33. The first-order valence-corrected chi connectivity index (χ1v) is 18.3. The normalized spacial score (nSPS) is 16.8. The van der Waals surface area contributed by atoms with Crippen LogP contribution in [0.25, 0.3) is 11.1 Å². The van der Waals surface area contributed by atoms with E-state index >= 15 is 4.39 Å². The Morgan fingerprint density at radius 1 is 0.927 bits per heavy atom. The molecule has 55 heavy (non-hydrogen) atoms. The largest absolute Gasteiger partial charge is 0.481 e. The molecule has 3 heterocycles. The number of likely N-dealkylation sites (tertiary alicyclic amines) is 1. The summed E-state index contributed by atoms with van der Waals surface area (Å²) in [6.45, 7) is 10.7. The minimum Gasteiger partial charge on any atom is -0.481 e. The van der Waals surface area contributed by atoms with Crippen molar-refractivity contribution in [1.82, 2.24) is 20.1 Å². The third-order valence-corrected chi connectivity index (χ3v) is 10.5. The zero-order chi connectivity index (χ0) is 40.4. The van der Waals surface area contributed by atoms with Gasteiger partial charge in [0.25, 0.3) is 11.5 Å². The number of carboxylic acids is 1. The number of benzene rings is 2. The molecule has 0 saturated carbocycles. The first kappa shape index (κ1) is 41.5. The molecular formula is C40H47F5N4O6. The van der Waals surface area contributed by atoms with Gasteiger partial charge < -0.3 is 29.9 Å². The van der Waals surface area contributed by atoms with Crippen molar-refractivity contribution in [3.05, 3.63) is 91.9 Å². The number of aromatic nitrogens is 1. The number of carbonyl (C=O) groups excluding carboxylic acids is 2. The van der Waals surface area contributed by atoms with Gasteiger partial charge in [0, 0.05) is 50.4 Å². The molecule has 2 aromatic carbocycles. The molecule has 0 aliphatic carbocycles. The molecule has 2 fully saturated rings. The van der Waals surface area contributed by atoms with Crippen molar-refractivity contribution >= 4 is 17.8 Å². The van der Waals surface area contributed by atoms with Crippen LogP contribution in [0.15, 0.2) is 41.2 Å². The molecule has 2 aliphatic rings. The smallest absolute Gasteiger partial charge is 0.431 e. The number of nitrogens with zero attached hydrogens (tertiary/aromatic N) is 2. The molecule has 10 nitrogen and oxygen atoms in total. The van der Waals surface area contributed by atoms with Crippen molar-refractivity contribution in [2.24, 2.45) is 11.3 Å². The molecule has 2 amide bonds. The lowest BCUT2D eigenvalue weighted by Crippen LogP contribution is -2.59. The van der Waals surface area contributed by atoms with Crippen molar-refractivity contribution in [1.29, 1.82) is 0 Å². The summed E-state index contributed by atoms with van der Waals surface area (Å²) >= 11 is 0. The van der Waals surface area contributed by atoms with Crippen LogP contribution in [0.1, 0.15) is 83.9 Å². The van der Waals surface area contributed by atoms with Gasteiger partial charge in [0.15, 0.2) is 0 Å². The number of carbonyl (C=O) groups is 3. The van der Waals surface area contributed by atoms with E-state index in [1.54, 1.807) is 27.7 Å². The average molecular weight is 775 g/mol. The summed E-state index contributed by atoms with van der Waals surface area (Å²) in [6, 6.07) is 4.19. The zero-order valence-electron chi connectivity index (χ0n) is 31.5. The van der Waals surface area contributed by atoms with Crippen LogP contribution in [0, 0.1) is 43.7 Å². The number of halogens is 5. The molecule has 0 radical (unpaired) electrons. The monoisotopic (exact) mass is 774 g/mol. The van der Waals surface area contributed by atoms with E-state index < -0.39 is 70.9 Å². The molecule has 1 aromatic heterocycles. The molecule has 2 saturated heterocycles. The number of hydrogen-bond donors (Lipinski definition) is 3. The highest BCUT2D eigenvalue weighted by Crippen LogP contribution is 2.40. The number of aryl methyl sites for hydroxylation is 3. The molecule has 15 heteroatoms. The molecule has 298 valence electrons. The number of nitrogens with one attached hydrogen (secondary N) is 2. The van der Waals surface area contributed by atoms with E-state index in [-0.39, 0.29) is 42.0 Å². The van der Waals surface area contributed by atoms with Gasteiger partial charge in [-0.25, -0.2) is 8.78 Å². The van der Waals surface area contributed by atoms with E-state index in [9.17, 15) is 41.8 Å². The molecule has 2 aliphatic heterocycles. The Labute approximate surface area is 316 Å². The second-order valence-corrected chi connectivity index (χ2v) is 15.3. The molecule has 0 bridgehead atoms. The van der Waals surface area contributed by atoms with E-state index in [1.807, 2.05) is 4.90 Å². The third kappa shape index (κ3) is 9.61. The lowest BCUT2D eigenvalue weighted by Gasteiger charge is -2.52. The average Bonchev–Trinajstić information content (AvgIpc) is 3.06. The Kier molecular flexibility index (Phi) is 12.5. The summed E-state index contributed by atoms with van der Waals surface area (Å²) in [5.41, 5.74) is -0.777. The second-order valence-electron chi connectivity index (χ2n) is 15.3. The first-order valence-electron chi connectivity index (χ1n) is 18.3. The van der Waals surface area contributed by atoms with Gasteiger partial charge in [0.05, 0.1) is 12.5 Å². The second kappa shape index (κ2) is 16.6. The summed E-state index contributed by atoms with van der Waals surface area (Å²) in [5, 5.41) is 14.8. The Hall–Kier alpha value is -4.63. The number of pyridine rings is 1. The Morgan fingerprint density at radius 2 is 1.56 bits per heavy atom. The van der Waals surface area contributed by atoms with Gasteiger partial charge >= 0.3 is 12.1 Å². The van der Waals surface area contributed by atoms with Crippen LogP contribution >= 0.6 is 0 Å². The lowest BCUT2D eigenvalue weighted by molar-refractivity contribution is -0.144. The maximum Gasteiger partial charge on any atom is 0.431 e. The highest BCUT2D eigenvalue weighted by Gasteiger charge is 2.44. The minimum atomic E-state index is -4.89. The van der Waals surface area contributed by atoms with Crippen LogP contribution in [0.3, 0.4) is 0 Å². The standard InChI is InChI=1S/C40H47F5N4O6/c1-22(2)14-31(37(53)46-30(19-33(50)51)29-18-26(15-25(5)35(29)42)34-23(3)16-27(41)17-24(34)4)47-36(52)28-6-7-32(40(43,44)45)49(38(28)54)11-10-48-20-39(21-48)8-12-55-13-9-39/h6-7,15-18,22,30-31H,8-14,19-21H2,1-5H3,(H,46,53)(H,47,52)(H,50,51)/t30-,31-/m0/s1. The maximum absolute atomic E-state index is 15.8. The number of alkyl halides is 3. The summed E-state index contributed by atoms with van der Waals surface area (Å²) in [5.74, 6) is -4.82. The van der Waals surface area contributed by atoms with Crippen molar-refractivity contribution in [2.45, 2.75) is 85.1 Å². The van der Waals surface area contributed by atoms with E-state index in [0.717, 1.165) is 18.9 Å². The van der Waals surface area contributed by atoms with Crippen LogP contribution in [0.4, 0.5) is 22.0 Å². The van der Waals surface area contributed by atoms with Crippen LogP contribution in [0.2, 0.25) is 0 Å². The van der Waals surface area contributed by atoms with Crippen molar-refractivity contribution < 1.29 is 46.2 Å². The highest BCUT2D eigenvalue weighted by molar-refractivity contribution is 5.97. The molecule has 0 unspecified atom stereocenters. The van der Waals surface area contributed by atoms with Gasteiger partial charge in [-0.1, -0.05) is 13.8 Å². The maximum atomic E-state index is 15.8. The zero-order valence-corrected chi connectivity index (χ0v) is 31.5. The van der Waals surface area contributed by atoms with Crippen LogP contribution in [-0.4, -0.2) is 71.2 Å². The van der Waals surface area contributed by atoms with E-state index in [1.165, 1.54) is 31.2 Å². The first-order chi connectivity index (χ1) is 25.8. The molecule has 3 aromatic rings. The van der Waals surface area contributed by atoms with Gasteiger partial charge in [-0.05, 0) is 110 Å². The van der Waals surface area contributed by atoms with Gasteiger partial charge in [-0.2, -0.15) is 13.2 Å². The van der Waals surface area contributed by atoms with Crippen LogP contribution in [-0.2, 0) is 27.0 Å². The highest BCUT2D eigenvalue weighted by atomic mass is 19.4. The fraction of sp³-hybridized carbons (Fsp3) is 0.500. The molecule has 3 N–H and O–H groups in total. The fourth-order valence-corrected chi connectivity index (χ4v) is 7.83. The summed E-state index contributed by atoms with van der Waals surface area (Å²) in [6.07, 6.45) is -3.94. The Balaban J connectivity index is 1.40. The fourth-order valence-electron chi connectivity index (χ4n) is 7.83. The van der Waals surface area contributed by atoms with Crippen LogP contribution in [0.5, 0.6) is 0 Å². The van der Waals surface area contributed by atoms with E-state index in [2.05, 4.69) is 10.6 Å². The van der Waals surface area contributed by atoms with Gasteiger partial charge in [0.2, 0.25) is 5.91 Å². The third-order valence-electron chi connectivity index (χ3n) is 10.5. The predicted molar refractivity (Wildman–Crippen MR) is 194 cm³/mol. The molecular weight excluding hydrogens is 727 g/mol. The number of ether oxygens (including phenoxy) is 1. The summed E-state index contributed by atoms with van der Waals surface area (Å²) in [4.78, 5) is 55.0. The number of carboxylic acid groups (broad SMARTS) is 1. The van der Waals surface area contributed by atoms with Gasteiger partial charge in [0.1, 0.15) is 28.9 Å². The molecule has 1 spiro atoms. The molecule has 2 atom stereocenters. The van der Waals surface area contributed by atoms with E-state index in [4.69, 9.17) is 4.74 Å². The molecule has 5 rings (SSSR count). The van der Waals surface area contributed by atoms with Crippen molar-refractivity contribution in [3.8, 4) is 11.1 Å². The van der Waals surface area contributed by atoms with Crippen molar-refractivity contribution in [3.63, 3.8) is 0 Å². The number of amides is 2. The quantitative estimate of drug-likeness (QED) is 0.173. The van der Waals surface area contributed by atoms with Crippen molar-refractivity contribution in [2.75, 3.05) is 32.8 Å². The summed E-state index contributed by atoms with van der Waals surface area (Å²) in [7, 11) is 0. The number of hydrogen-bond acceptors (Lipinski definition) is 6. The van der Waals surface area contributed by atoms with Crippen LogP contribution < -0.4 is 16.2 Å². The number of aliphatic carboxylic acids is 1. The topological polar surface area (TPSA) is 130 Å². The van der Waals surface area contributed by atoms with Gasteiger partial charge in [-0.3, -0.25) is 19.2 Å². The summed E-state index contributed by atoms with van der Waals surface area (Å²) < 4.78 is 78.1.